The molecule has 0 radical (unpaired) electrons. The van der Waals surface area contributed by atoms with Crippen LogP contribution in [0, 0.1) is 5.82 Å². The Bertz CT molecular complexity index is 449. The number of halogens is 1. The van der Waals surface area contributed by atoms with Gasteiger partial charge in [0.1, 0.15) is 23.4 Å². The number of rotatable bonds is 4. The van der Waals surface area contributed by atoms with Gasteiger partial charge in [0.25, 0.3) is 0 Å². The lowest BCUT2D eigenvalue weighted by atomic mass is 10.0. The molecule has 0 fully saturated rings. The molecule has 1 aliphatic heterocycles. The normalized spacial score (nSPS) is 16.7. The molecule has 1 aromatic rings. The van der Waals surface area contributed by atoms with Gasteiger partial charge in [0, 0.05) is 11.6 Å². The number of allylic oxidation sites excluding steroid dienone is 1. The maximum absolute atomic E-state index is 14.0. The number of methoxy groups -OCH3 is 1. The van der Waals surface area contributed by atoms with Crippen molar-refractivity contribution in [3.05, 3.63) is 41.4 Å². The number of hydrogen-bond donors (Lipinski definition) is 2. The molecular weight excluding hydrogens is 235 g/mol. The van der Waals surface area contributed by atoms with E-state index < -0.39 is 6.04 Å². The highest BCUT2D eigenvalue weighted by Gasteiger charge is 2.22. The molecule has 2 rings (SSSR count). The van der Waals surface area contributed by atoms with Crippen LogP contribution in [0.15, 0.2) is 30.0 Å². The molecule has 0 spiro atoms. The molecule has 0 saturated heterocycles. The Kier molecular flexibility index (Phi) is 4.17. The molecule has 0 amide bonds. The van der Waals surface area contributed by atoms with Crippen LogP contribution < -0.4 is 16.0 Å². The number of nitrogens with two attached hydrogens (primary N) is 1. The van der Waals surface area contributed by atoms with Crippen molar-refractivity contribution in [2.24, 2.45) is 5.84 Å². The Morgan fingerprint density at radius 1 is 1.50 bits per heavy atom. The molecule has 0 aliphatic carbocycles. The van der Waals surface area contributed by atoms with Gasteiger partial charge in [0.2, 0.25) is 0 Å². The van der Waals surface area contributed by atoms with Gasteiger partial charge >= 0.3 is 0 Å². The molecule has 1 aromatic carbocycles. The second-order valence-corrected chi connectivity index (χ2v) is 4.08. The summed E-state index contributed by atoms with van der Waals surface area (Å²) in [6.45, 7) is 0.641. The maximum atomic E-state index is 14.0. The summed E-state index contributed by atoms with van der Waals surface area (Å²) >= 11 is 0. The second-order valence-electron chi connectivity index (χ2n) is 4.08. The Labute approximate surface area is 106 Å². The quantitative estimate of drug-likeness (QED) is 0.636. The summed E-state index contributed by atoms with van der Waals surface area (Å²) in [7, 11) is 1.50. The summed E-state index contributed by atoms with van der Waals surface area (Å²) in [6, 6.07) is 4.23. The van der Waals surface area contributed by atoms with Crippen LogP contribution >= 0.6 is 0 Å². The van der Waals surface area contributed by atoms with Gasteiger partial charge in [-0.3, -0.25) is 5.84 Å². The molecule has 3 N–H and O–H groups in total. The molecule has 1 atom stereocenters. The zero-order valence-electron chi connectivity index (χ0n) is 10.3. The van der Waals surface area contributed by atoms with Crippen molar-refractivity contribution in [2.45, 2.75) is 18.9 Å². The van der Waals surface area contributed by atoms with E-state index in [0.717, 1.165) is 12.8 Å². The molecule has 5 heteroatoms. The number of ether oxygens (including phenoxy) is 2. The first kappa shape index (κ1) is 12.9. The molecular formula is C13H17FN2O2. The van der Waals surface area contributed by atoms with Crippen molar-refractivity contribution in [1.29, 1.82) is 0 Å². The summed E-state index contributed by atoms with van der Waals surface area (Å²) in [5, 5.41) is 0. The van der Waals surface area contributed by atoms with E-state index in [-0.39, 0.29) is 5.82 Å². The van der Waals surface area contributed by atoms with Gasteiger partial charge in [0.05, 0.1) is 13.7 Å². The summed E-state index contributed by atoms with van der Waals surface area (Å²) in [5.74, 6) is 6.29. The van der Waals surface area contributed by atoms with E-state index in [1.54, 1.807) is 12.1 Å². The van der Waals surface area contributed by atoms with E-state index in [1.165, 1.54) is 13.2 Å². The van der Waals surface area contributed by atoms with Gasteiger partial charge in [-0.25, -0.2) is 9.82 Å². The second kappa shape index (κ2) is 5.84. The van der Waals surface area contributed by atoms with Crippen LogP contribution in [0.2, 0.25) is 0 Å². The smallest absolute Gasteiger partial charge is 0.132 e. The van der Waals surface area contributed by atoms with Crippen LogP contribution in [-0.2, 0) is 4.74 Å². The number of hydrogen-bond acceptors (Lipinski definition) is 4. The molecule has 0 bridgehead atoms. The van der Waals surface area contributed by atoms with Crippen LogP contribution in [0.3, 0.4) is 0 Å². The third-order valence-corrected chi connectivity index (χ3v) is 2.93. The van der Waals surface area contributed by atoms with Gasteiger partial charge in [-0.05, 0) is 25.0 Å². The molecule has 18 heavy (non-hydrogen) atoms. The van der Waals surface area contributed by atoms with E-state index in [1.807, 2.05) is 6.08 Å². The van der Waals surface area contributed by atoms with E-state index in [0.29, 0.717) is 23.7 Å². The first-order valence-corrected chi connectivity index (χ1v) is 5.88. The third-order valence-electron chi connectivity index (χ3n) is 2.93. The average Bonchev–Trinajstić information content (AvgIpc) is 2.42. The number of nitrogens with one attached hydrogen (secondary N) is 1. The SMILES string of the molecule is COc1ccc(C(NN)C2=CCCCO2)c(F)c1. The van der Waals surface area contributed by atoms with E-state index in [2.05, 4.69) is 5.43 Å². The lowest BCUT2D eigenvalue weighted by Crippen LogP contribution is -2.31. The molecule has 1 unspecified atom stereocenters. The lowest BCUT2D eigenvalue weighted by Gasteiger charge is -2.24. The summed E-state index contributed by atoms with van der Waals surface area (Å²) in [6.07, 6.45) is 3.84. The van der Waals surface area contributed by atoms with E-state index >= 15 is 0 Å². The minimum Gasteiger partial charge on any atom is -0.497 e. The Balaban J connectivity index is 2.29. The molecule has 1 heterocycles. The van der Waals surface area contributed by atoms with Crippen LogP contribution in [-0.4, -0.2) is 13.7 Å². The topological polar surface area (TPSA) is 56.5 Å². The summed E-state index contributed by atoms with van der Waals surface area (Å²) in [5.41, 5.74) is 3.04. The molecule has 0 saturated carbocycles. The Morgan fingerprint density at radius 2 is 2.33 bits per heavy atom. The van der Waals surface area contributed by atoms with Crippen molar-refractivity contribution in [2.75, 3.05) is 13.7 Å². The van der Waals surface area contributed by atoms with Crippen LogP contribution in [0.4, 0.5) is 4.39 Å². The lowest BCUT2D eigenvalue weighted by molar-refractivity contribution is 0.167. The van der Waals surface area contributed by atoms with Crippen molar-refractivity contribution >= 4 is 0 Å². The maximum Gasteiger partial charge on any atom is 0.132 e. The zero-order chi connectivity index (χ0) is 13.0. The van der Waals surface area contributed by atoms with Gasteiger partial charge in [-0.1, -0.05) is 6.07 Å². The predicted octanol–water partition coefficient (Wildman–Crippen LogP) is 2.03. The fourth-order valence-electron chi connectivity index (χ4n) is 1.97. The van der Waals surface area contributed by atoms with Gasteiger partial charge < -0.3 is 9.47 Å². The molecule has 4 nitrogen and oxygen atoms in total. The highest BCUT2D eigenvalue weighted by atomic mass is 19.1. The van der Waals surface area contributed by atoms with Gasteiger partial charge in [-0.2, -0.15) is 0 Å². The summed E-state index contributed by atoms with van der Waals surface area (Å²) < 4.78 is 24.5. The average molecular weight is 252 g/mol. The van der Waals surface area contributed by atoms with Crippen molar-refractivity contribution in [3.8, 4) is 5.75 Å². The largest absolute Gasteiger partial charge is 0.497 e. The summed E-state index contributed by atoms with van der Waals surface area (Å²) in [4.78, 5) is 0. The standard InChI is InChI=1S/C13H17FN2O2/c1-17-9-5-6-10(11(14)8-9)13(16-15)12-4-2-3-7-18-12/h4-6,8,13,16H,2-3,7,15H2,1H3. The van der Waals surface area contributed by atoms with Crippen LogP contribution in [0.1, 0.15) is 24.4 Å². The predicted molar refractivity (Wildman–Crippen MR) is 66.3 cm³/mol. The highest BCUT2D eigenvalue weighted by molar-refractivity contribution is 5.34. The monoisotopic (exact) mass is 252 g/mol. The van der Waals surface area contributed by atoms with Crippen molar-refractivity contribution in [3.63, 3.8) is 0 Å². The van der Waals surface area contributed by atoms with Crippen molar-refractivity contribution in [1.82, 2.24) is 5.43 Å². The molecule has 1 aliphatic rings. The molecule has 98 valence electrons. The fourth-order valence-corrected chi connectivity index (χ4v) is 1.97. The van der Waals surface area contributed by atoms with E-state index in [4.69, 9.17) is 15.3 Å². The number of hydrazine groups is 1. The Morgan fingerprint density at radius 3 is 2.89 bits per heavy atom. The third kappa shape index (κ3) is 2.63. The van der Waals surface area contributed by atoms with Crippen LogP contribution in [0.25, 0.3) is 0 Å². The minimum atomic E-state index is -0.462. The van der Waals surface area contributed by atoms with Crippen LogP contribution in [0.5, 0.6) is 5.75 Å². The van der Waals surface area contributed by atoms with E-state index in [9.17, 15) is 4.39 Å². The number of benzene rings is 1. The van der Waals surface area contributed by atoms with Crippen molar-refractivity contribution < 1.29 is 13.9 Å². The first-order chi connectivity index (χ1) is 8.76. The highest BCUT2D eigenvalue weighted by Crippen LogP contribution is 2.29. The molecule has 0 aromatic heterocycles. The van der Waals surface area contributed by atoms with Gasteiger partial charge in [-0.15, -0.1) is 0 Å². The minimum absolute atomic E-state index is 0.368. The zero-order valence-corrected chi connectivity index (χ0v) is 10.3. The Hall–Kier alpha value is -1.59. The first-order valence-electron chi connectivity index (χ1n) is 5.88. The fraction of sp³-hybridized carbons (Fsp3) is 0.385. The van der Waals surface area contributed by atoms with Gasteiger partial charge in [0.15, 0.2) is 0 Å².